The lowest BCUT2D eigenvalue weighted by Gasteiger charge is -2.08. The summed E-state index contributed by atoms with van der Waals surface area (Å²) in [5, 5.41) is 0.739. The van der Waals surface area contributed by atoms with Gasteiger partial charge in [-0.3, -0.25) is 0 Å². The van der Waals surface area contributed by atoms with Gasteiger partial charge in [-0.2, -0.15) is 0 Å². The summed E-state index contributed by atoms with van der Waals surface area (Å²) in [6.45, 7) is 1.71. The first-order valence-corrected chi connectivity index (χ1v) is 7.37. The summed E-state index contributed by atoms with van der Waals surface area (Å²) in [5.41, 5.74) is 2.07. The molecule has 3 nitrogen and oxygen atoms in total. The fourth-order valence-electron chi connectivity index (χ4n) is 2.19. The standard InChI is InChI=1S/C14H18Cl2N2O/c1-19-9-3-2-8-18-13-10-11(16)4-5-12(13)17-14(18)6-7-15/h4-5,10H,2-3,6-9H2,1H3. The predicted molar refractivity (Wildman–Crippen MR) is 80.3 cm³/mol. The third-order valence-electron chi connectivity index (χ3n) is 3.09. The summed E-state index contributed by atoms with van der Waals surface area (Å²) in [4.78, 5) is 4.63. The van der Waals surface area contributed by atoms with E-state index in [1.54, 1.807) is 7.11 Å². The minimum atomic E-state index is 0.578. The Morgan fingerprint density at radius 1 is 1.32 bits per heavy atom. The first-order valence-electron chi connectivity index (χ1n) is 6.46. The Labute approximate surface area is 123 Å². The maximum Gasteiger partial charge on any atom is 0.111 e. The van der Waals surface area contributed by atoms with Gasteiger partial charge in [0.05, 0.1) is 11.0 Å². The summed E-state index contributed by atoms with van der Waals surface area (Å²) >= 11 is 11.9. The van der Waals surface area contributed by atoms with Crippen LogP contribution in [0.15, 0.2) is 18.2 Å². The number of methoxy groups -OCH3 is 1. The first-order chi connectivity index (χ1) is 9.26. The van der Waals surface area contributed by atoms with E-state index in [0.717, 1.165) is 54.3 Å². The molecule has 0 saturated carbocycles. The number of rotatable bonds is 7. The van der Waals surface area contributed by atoms with E-state index in [9.17, 15) is 0 Å². The smallest absolute Gasteiger partial charge is 0.111 e. The van der Waals surface area contributed by atoms with E-state index in [0.29, 0.717) is 5.88 Å². The molecule has 5 heteroatoms. The number of ether oxygens (including phenoxy) is 1. The summed E-state index contributed by atoms with van der Waals surface area (Å²) < 4.78 is 7.30. The fraction of sp³-hybridized carbons (Fsp3) is 0.500. The van der Waals surface area contributed by atoms with Crippen molar-refractivity contribution in [2.45, 2.75) is 25.8 Å². The molecule has 0 atom stereocenters. The second-order valence-corrected chi connectivity index (χ2v) is 5.27. The number of nitrogens with zero attached hydrogens (tertiary/aromatic N) is 2. The number of hydrogen-bond donors (Lipinski definition) is 0. The van der Waals surface area contributed by atoms with Crippen LogP contribution in [-0.2, 0) is 17.7 Å². The molecule has 2 rings (SSSR count). The third kappa shape index (κ3) is 3.62. The number of fused-ring (bicyclic) bond motifs is 1. The van der Waals surface area contributed by atoms with E-state index >= 15 is 0 Å². The Bertz CT molecular complexity index is 539. The number of hydrogen-bond acceptors (Lipinski definition) is 2. The molecule has 0 N–H and O–H groups in total. The molecule has 0 aliphatic heterocycles. The van der Waals surface area contributed by atoms with Gasteiger partial charge in [-0.25, -0.2) is 4.98 Å². The van der Waals surface area contributed by atoms with E-state index in [4.69, 9.17) is 27.9 Å². The molecule has 1 heterocycles. The van der Waals surface area contributed by atoms with Crippen LogP contribution in [0.4, 0.5) is 0 Å². The van der Waals surface area contributed by atoms with Gasteiger partial charge < -0.3 is 9.30 Å². The molecule has 0 amide bonds. The van der Waals surface area contributed by atoms with Crippen molar-refractivity contribution in [1.29, 1.82) is 0 Å². The molecule has 1 aromatic heterocycles. The number of imidazole rings is 1. The zero-order valence-electron chi connectivity index (χ0n) is 11.0. The first kappa shape index (κ1) is 14.6. The van der Waals surface area contributed by atoms with E-state index in [1.165, 1.54) is 0 Å². The summed E-state index contributed by atoms with van der Waals surface area (Å²) in [6, 6.07) is 5.80. The van der Waals surface area contributed by atoms with Crippen LogP contribution in [0.2, 0.25) is 5.02 Å². The average Bonchev–Trinajstić information content (AvgIpc) is 2.73. The number of aromatic nitrogens is 2. The molecule has 0 radical (unpaired) electrons. The average molecular weight is 301 g/mol. The van der Waals surface area contributed by atoms with Gasteiger partial charge in [0.1, 0.15) is 5.82 Å². The molecular weight excluding hydrogens is 283 g/mol. The maximum absolute atomic E-state index is 6.07. The lowest BCUT2D eigenvalue weighted by atomic mass is 10.3. The highest BCUT2D eigenvalue weighted by Crippen LogP contribution is 2.22. The normalized spacial score (nSPS) is 11.3. The molecule has 0 fully saturated rings. The molecule has 2 aromatic rings. The van der Waals surface area contributed by atoms with Gasteiger partial charge in [-0.05, 0) is 31.0 Å². The van der Waals surface area contributed by atoms with Gasteiger partial charge in [0.15, 0.2) is 0 Å². The molecule has 0 aliphatic rings. The van der Waals surface area contributed by atoms with Crippen molar-refractivity contribution in [3.63, 3.8) is 0 Å². The van der Waals surface area contributed by atoms with Crippen LogP contribution in [0.1, 0.15) is 18.7 Å². The molecule has 0 unspecified atom stereocenters. The fourth-order valence-corrected chi connectivity index (χ4v) is 2.52. The van der Waals surface area contributed by atoms with Crippen molar-refractivity contribution < 1.29 is 4.74 Å². The zero-order valence-corrected chi connectivity index (χ0v) is 12.5. The highest BCUT2D eigenvalue weighted by molar-refractivity contribution is 6.31. The molecular formula is C14H18Cl2N2O. The van der Waals surface area contributed by atoms with Crippen molar-refractivity contribution in [3.05, 3.63) is 29.0 Å². The van der Waals surface area contributed by atoms with Crippen molar-refractivity contribution in [3.8, 4) is 0 Å². The SMILES string of the molecule is COCCCCn1c(CCCl)nc2ccc(Cl)cc21. The number of halogens is 2. The van der Waals surface area contributed by atoms with E-state index in [2.05, 4.69) is 9.55 Å². The molecule has 104 valence electrons. The van der Waals surface area contributed by atoms with Gasteiger partial charge >= 0.3 is 0 Å². The number of aryl methyl sites for hydroxylation is 2. The van der Waals surface area contributed by atoms with Crippen LogP contribution in [0, 0.1) is 0 Å². The number of benzene rings is 1. The molecule has 19 heavy (non-hydrogen) atoms. The Morgan fingerprint density at radius 2 is 2.16 bits per heavy atom. The van der Waals surface area contributed by atoms with Crippen LogP contribution in [0.25, 0.3) is 11.0 Å². The molecule has 1 aromatic carbocycles. The van der Waals surface area contributed by atoms with Crippen LogP contribution in [0.3, 0.4) is 0 Å². The lowest BCUT2D eigenvalue weighted by Crippen LogP contribution is -2.05. The Morgan fingerprint density at radius 3 is 2.89 bits per heavy atom. The summed E-state index contributed by atoms with van der Waals surface area (Å²) in [7, 11) is 1.73. The number of alkyl halides is 1. The third-order valence-corrected chi connectivity index (χ3v) is 3.51. The number of unbranched alkanes of at least 4 members (excludes halogenated alkanes) is 1. The van der Waals surface area contributed by atoms with Crippen LogP contribution in [0.5, 0.6) is 0 Å². The molecule has 0 aliphatic carbocycles. The second-order valence-electron chi connectivity index (χ2n) is 4.45. The maximum atomic E-state index is 6.07. The molecule has 0 spiro atoms. The lowest BCUT2D eigenvalue weighted by molar-refractivity contribution is 0.191. The van der Waals surface area contributed by atoms with Gasteiger partial charge in [0.2, 0.25) is 0 Å². The Kier molecular flexibility index (Phi) is 5.49. The van der Waals surface area contributed by atoms with E-state index in [-0.39, 0.29) is 0 Å². The van der Waals surface area contributed by atoms with Crippen LogP contribution < -0.4 is 0 Å². The highest BCUT2D eigenvalue weighted by atomic mass is 35.5. The Hall–Kier alpha value is -0.770. The minimum absolute atomic E-state index is 0.578. The zero-order chi connectivity index (χ0) is 13.7. The second kappa shape index (κ2) is 7.13. The summed E-state index contributed by atoms with van der Waals surface area (Å²) in [6.07, 6.45) is 2.87. The van der Waals surface area contributed by atoms with Crippen molar-refractivity contribution in [1.82, 2.24) is 9.55 Å². The monoisotopic (exact) mass is 300 g/mol. The van der Waals surface area contributed by atoms with E-state index < -0.39 is 0 Å². The topological polar surface area (TPSA) is 27.1 Å². The van der Waals surface area contributed by atoms with Crippen molar-refractivity contribution >= 4 is 34.2 Å². The van der Waals surface area contributed by atoms with Gasteiger partial charge in [0, 0.05) is 37.6 Å². The quantitative estimate of drug-likeness (QED) is 0.573. The van der Waals surface area contributed by atoms with Crippen LogP contribution >= 0.6 is 23.2 Å². The summed E-state index contributed by atoms with van der Waals surface area (Å²) in [5.74, 6) is 1.61. The van der Waals surface area contributed by atoms with Crippen LogP contribution in [-0.4, -0.2) is 29.1 Å². The Balaban J connectivity index is 2.25. The molecule has 0 saturated heterocycles. The van der Waals surface area contributed by atoms with Gasteiger partial charge in [-0.1, -0.05) is 11.6 Å². The van der Waals surface area contributed by atoms with E-state index in [1.807, 2.05) is 18.2 Å². The largest absolute Gasteiger partial charge is 0.385 e. The van der Waals surface area contributed by atoms with Gasteiger partial charge in [-0.15, -0.1) is 11.6 Å². The predicted octanol–water partition coefficient (Wildman–Crippen LogP) is 3.90. The van der Waals surface area contributed by atoms with Gasteiger partial charge in [0.25, 0.3) is 0 Å². The van der Waals surface area contributed by atoms with Crippen molar-refractivity contribution in [2.75, 3.05) is 19.6 Å². The molecule has 0 bridgehead atoms. The van der Waals surface area contributed by atoms with Crippen molar-refractivity contribution in [2.24, 2.45) is 0 Å². The minimum Gasteiger partial charge on any atom is -0.385 e. The highest BCUT2D eigenvalue weighted by Gasteiger charge is 2.10.